The Morgan fingerprint density at radius 3 is 2.61 bits per heavy atom. The van der Waals surface area contributed by atoms with E-state index in [1.165, 1.54) is 6.42 Å². The van der Waals surface area contributed by atoms with Gasteiger partial charge in [-0.3, -0.25) is 0 Å². The van der Waals surface area contributed by atoms with Crippen LogP contribution in [0.25, 0.3) is 0 Å². The lowest BCUT2D eigenvalue weighted by Gasteiger charge is -2.25. The molecule has 1 saturated carbocycles. The van der Waals surface area contributed by atoms with Gasteiger partial charge in [0.05, 0.1) is 12.7 Å². The molecular formula is C17H32N2O4. The highest BCUT2D eigenvalue weighted by Crippen LogP contribution is 2.26. The van der Waals surface area contributed by atoms with Gasteiger partial charge in [0.2, 0.25) is 0 Å². The fraction of sp³-hybridized carbons (Fsp3) is 0.941. The van der Waals surface area contributed by atoms with Crippen LogP contribution in [0.2, 0.25) is 0 Å². The minimum absolute atomic E-state index is 0.102. The lowest BCUT2D eigenvalue weighted by atomic mass is 10.0. The predicted octanol–water partition coefficient (Wildman–Crippen LogP) is 2.42. The molecule has 2 rings (SSSR count). The molecule has 3 atom stereocenters. The van der Waals surface area contributed by atoms with E-state index in [4.69, 9.17) is 14.2 Å². The summed E-state index contributed by atoms with van der Waals surface area (Å²) in [6.07, 6.45) is 3.22. The van der Waals surface area contributed by atoms with Gasteiger partial charge in [-0.05, 0) is 53.4 Å². The first kappa shape index (κ1) is 18.5. The van der Waals surface area contributed by atoms with E-state index in [2.05, 4.69) is 10.6 Å². The van der Waals surface area contributed by atoms with Crippen molar-refractivity contribution in [3.8, 4) is 0 Å². The zero-order valence-corrected chi connectivity index (χ0v) is 15.1. The lowest BCUT2D eigenvalue weighted by molar-refractivity contribution is -0.137. The Bertz CT molecular complexity index is 406. The number of hydrogen-bond donors (Lipinski definition) is 2. The van der Waals surface area contributed by atoms with Crippen LogP contribution in [0.15, 0.2) is 0 Å². The van der Waals surface area contributed by atoms with Crippen molar-refractivity contribution in [2.45, 2.75) is 77.4 Å². The van der Waals surface area contributed by atoms with E-state index < -0.39 is 11.4 Å². The topological polar surface area (TPSA) is 68.8 Å². The van der Waals surface area contributed by atoms with Crippen LogP contribution in [0.1, 0.15) is 53.9 Å². The second-order valence-electron chi connectivity index (χ2n) is 8.04. The van der Waals surface area contributed by atoms with Crippen molar-refractivity contribution in [2.24, 2.45) is 5.92 Å². The van der Waals surface area contributed by atoms with E-state index in [-0.39, 0.29) is 12.2 Å². The molecule has 0 radical (unpaired) electrons. The second kappa shape index (κ2) is 7.36. The molecule has 23 heavy (non-hydrogen) atoms. The Balaban J connectivity index is 1.70. The van der Waals surface area contributed by atoms with Crippen LogP contribution in [0.5, 0.6) is 0 Å². The normalized spacial score (nSPS) is 30.4. The molecule has 3 unspecified atom stereocenters. The Kier molecular flexibility index (Phi) is 5.92. The third-order valence-corrected chi connectivity index (χ3v) is 4.24. The SMILES string of the molecule is CC(C)(C)OC(=O)NCC1CCCC1NCC1COC(C)(C)O1. The van der Waals surface area contributed by atoms with Crippen molar-refractivity contribution in [1.29, 1.82) is 0 Å². The summed E-state index contributed by atoms with van der Waals surface area (Å²) in [6, 6.07) is 0.414. The molecule has 6 nitrogen and oxygen atoms in total. The smallest absolute Gasteiger partial charge is 0.407 e. The van der Waals surface area contributed by atoms with Crippen molar-refractivity contribution in [3.05, 3.63) is 0 Å². The molecule has 0 aromatic heterocycles. The fourth-order valence-corrected chi connectivity index (χ4v) is 3.22. The summed E-state index contributed by atoms with van der Waals surface area (Å²) >= 11 is 0. The number of alkyl carbamates (subject to hydrolysis) is 1. The van der Waals surface area contributed by atoms with Crippen LogP contribution in [-0.4, -0.2) is 49.3 Å². The highest BCUT2D eigenvalue weighted by Gasteiger charge is 2.34. The number of nitrogens with one attached hydrogen (secondary N) is 2. The average Bonchev–Trinajstić information content (AvgIpc) is 2.98. The summed E-state index contributed by atoms with van der Waals surface area (Å²) < 4.78 is 16.7. The number of rotatable bonds is 5. The molecule has 2 N–H and O–H groups in total. The van der Waals surface area contributed by atoms with E-state index in [9.17, 15) is 4.79 Å². The number of ether oxygens (including phenoxy) is 3. The summed E-state index contributed by atoms with van der Waals surface area (Å²) in [6.45, 7) is 11.6. The quantitative estimate of drug-likeness (QED) is 0.811. The Morgan fingerprint density at radius 1 is 1.26 bits per heavy atom. The molecule has 1 heterocycles. The van der Waals surface area contributed by atoms with Gasteiger partial charge in [-0.2, -0.15) is 0 Å². The Hall–Kier alpha value is -0.850. The van der Waals surface area contributed by atoms with Gasteiger partial charge in [-0.15, -0.1) is 0 Å². The fourth-order valence-electron chi connectivity index (χ4n) is 3.22. The van der Waals surface area contributed by atoms with Gasteiger partial charge in [0.1, 0.15) is 5.60 Å². The summed E-state index contributed by atoms with van der Waals surface area (Å²) in [4.78, 5) is 11.8. The lowest BCUT2D eigenvalue weighted by Crippen LogP contribution is -2.43. The van der Waals surface area contributed by atoms with Crippen molar-refractivity contribution in [3.63, 3.8) is 0 Å². The largest absolute Gasteiger partial charge is 0.444 e. The van der Waals surface area contributed by atoms with Crippen molar-refractivity contribution in [1.82, 2.24) is 10.6 Å². The van der Waals surface area contributed by atoms with Gasteiger partial charge in [0.25, 0.3) is 0 Å². The first-order valence-corrected chi connectivity index (χ1v) is 8.67. The van der Waals surface area contributed by atoms with Gasteiger partial charge in [-0.1, -0.05) is 6.42 Å². The van der Waals surface area contributed by atoms with Crippen LogP contribution in [0.3, 0.4) is 0 Å². The number of carbonyl (C=O) groups excluding carboxylic acids is 1. The summed E-state index contributed by atoms with van der Waals surface area (Å²) in [5, 5.41) is 6.48. The first-order chi connectivity index (χ1) is 10.6. The van der Waals surface area contributed by atoms with E-state index >= 15 is 0 Å². The molecule has 0 aromatic carbocycles. The Labute approximate surface area is 139 Å². The Morgan fingerprint density at radius 2 is 2.00 bits per heavy atom. The molecule has 1 amide bonds. The van der Waals surface area contributed by atoms with Gasteiger partial charge in [-0.25, -0.2) is 4.79 Å². The molecule has 1 aliphatic heterocycles. The summed E-state index contributed by atoms with van der Waals surface area (Å²) in [7, 11) is 0. The first-order valence-electron chi connectivity index (χ1n) is 8.67. The zero-order chi connectivity index (χ0) is 17.1. The highest BCUT2D eigenvalue weighted by molar-refractivity contribution is 5.67. The summed E-state index contributed by atoms with van der Waals surface area (Å²) in [5.41, 5.74) is -0.454. The van der Waals surface area contributed by atoms with Crippen LogP contribution < -0.4 is 10.6 Å². The van der Waals surface area contributed by atoms with Gasteiger partial charge in [0, 0.05) is 19.1 Å². The maximum absolute atomic E-state index is 11.8. The predicted molar refractivity (Wildman–Crippen MR) is 88.3 cm³/mol. The molecule has 6 heteroatoms. The molecule has 1 saturated heterocycles. The minimum Gasteiger partial charge on any atom is -0.444 e. The molecule has 2 fully saturated rings. The van der Waals surface area contributed by atoms with Crippen molar-refractivity contribution in [2.75, 3.05) is 19.7 Å². The third-order valence-electron chi connectivity index (χ3n) is 4.24. The van der Waals surface area contributed by atoms with Crippen LogP contribution in [0.4, 0.5) is 4.79 Å². The van der Waals surface area contributed by atoms with Gasteiger partial charge in [0.15, 0.2) is 5.79 Å². The molecular weight excluding hydrogens is 296 g/mol. The number of amides is 1. The number of hydrogen-bond acceptors (Lipinski definition) is 5. The highest BCUT2D eigenvalue weighted by atomic mass is 16.7. The molecule has 2 aliphatic rings. The third kappa shape index (κ3) is 6.28. The summed E-state index contributed by atoms with van der Waals surface area (Å²) in [5.74, 6) is -0.0301. The molecule has 0 bridgehead atoms. The van der Waals surface area contributed by atoms with Gasteiger partial charge >= 0.3 is 6.09 Å². The monoisotopic (exact) mass is 328 g/mol. The van der Waals surface area contributed by atoms with E-state index in [1.54, 1.807) is 0 Å². The van der Waals surface area contributed by atoms with Crippen LogP contribution in [0, 0.1) is 5.92 Å². The molecule has 0 spiro atoms. The van der Waals surface area contributed by atoms with Crippen molar-refractivity contribution >= 4 is 6.09 Å². The molecule has 134 valence electrons. The molecule has 1 aliphatic carbocycles. The number of carbonyl (C=O) groups is 1. The van der Waals surface area contributed by atoms with Crippen LogP contribution in [-0.2, 0) is 14.2 Å². The van der Waals surface area contributed by atoms with Crippen LogP contribution >= 0.6 is 0 Å². The van der Waals surface area contributed by atoms with E-state index in [0.29, 0.717) is 25.1 Å². The standard InChI is InChI=1S/C17H32N2O4/c1-16(2,3)23-15(20)19-9-12-7-6-8-14(12)18-10-13-11-21-17(4,5)22-13/h12-14,18H,6-11H2,1-5H3,(H,19,20). The maximum Gasteiger partial charge on any atom is 0.407 e. The minimum atomic E-state index is -0.473. The van der Waals surface area contributed by atoms with Gasteiger partial charge < -0.3 is 24.8 Å². The average molecular weight is 328 g/mol. The van der Waals surface area contributed by atoms with E-state index in [0.717, 1.165) is 19.4 Å². The van der Waals surface area contributed by atoms with Crippen molar-refractivity contribution < 1.29 is 19.0 Å². The second-order valence-corrected chi connectivity index (χ2v) is 8.04. The molecule has 0 aromatic rings. The van der Waals surface area contributed by atoms with E-state index in [1.807, 2.05) is 34.6 Å². The maximum atomic E-state index is 11.8. The zero-order valence-electron chi connectivity index (χ0n) is 15.1.